The van der Waals surface area contributed by atoms with Crippen molar-refractivity contribution in [2.45, 2.75) is 50.6 Å². The lowest BCUT2D eigenvalue weighted by molar-refractivity contribution is -0.143. The molecule has 0 unspecified atom stereocenters. The Kier molecular flexibility index (Phi) is 7.10. The van der Waals surface area contributed by atoms with E-state index in [-0.39, 0.29) is 37.1 Å². The fraction of sp³-hybridized carbons (Fsp3) is 0.720. The van der Waals surface area contributed by atoms with E-state index in [0.29, 0.717) is 56.3 Å². The zero-order valence-corrected chi connectivity index (χ0v) is 20.9. The third kappa shape index (κ3) is 5.03. The summed E-state index contributed by atoms with van der Waals surface area (Å²) < 4.78 is 50.9. The van der Waals surface area contributed by atoms with Gasteiger partial charge < -0.3 is 30.3 Å². The number of alkyl halides is 3. The highest BCUT2D eigenvalue weighted by Crippen LogP contribution is 2.50. The van der Waals surface area contributed by atoms with E-state index in [1.807, 2.05) is 0 Å². The highest BCUT2D eigenvalue weighted by molar-refractivity contribution is 5.86. The monoisotopic (exact) mass is 525 g/mol. The molecule has 204 valence electrons. The Labute approximate surface area is 213 Å². The van der Waals surface area contributed by atoms with Crippen LogP contribution in [0.25, 0.3) is 0 Å². The first-order chi connectivity index (χ1) is 17.6. The zero-order chi connectivity index (χ0) is 26.4. The minimum atomic E-state index is -4.50. The van der Waals surface area contributed by atoms with Crippen LogP contribution in [0.5, 0.6) is 0 Å². The maximum atomic E-state index is 14.1. The van der Waals surface area contributed by atoms with Crippen molar-refractivity contribution >= 4 is 11.9 Å². The van der Waals surface area contributed by atoms with Crippen LogP contribution in [0, 0.1) is 17.3 Å². The predicted molar refractivity (Wildman–Crippen MR) is 126 cm³/mol. The molecule has 0 spiro atoms. The Hall–Kier alpha value is -2.44. The number of methoxy groups -OCH3 is 1. The van der Waals surface area contributed by atoms with Crippen LogP contribution in [-0.4, -0.2) is 85.4 Å². The van der Waals surface area contributed by atoms with Crippen LogP contribution < -0.4 is 11.1 Å². The third-order valence-corrected chi connectivity index (χ3v) is 8.68. The molecule has 0 radical (unpaired) electrons. The molecule has 1 saturated carbocycles. The molecule has 3 N–H and O–H groups in total. The van der Waals surface area contributed by atoms with E-state index in [2.05, 4.69) is 10.3 Å². The van der Waals surface area contributed by atoms with Crippen LogP contribution in [0.4, 0.5) is 18.0 Å². The second-order valence-corrected chi connectivity index (χ2v) is 10.8. The number of halogens is 3. The normalized spacial score (nSPS) is 31.8. The summed E-state index contributed by atoms with van der Waals surface area (Å²) in [5.41, 5.74) is 4.97. The van der Waals surface area contributed by atoms with E-state index >= 15 is 0 Å². The zero-order valence-electron chi connectivity index (χ0n) is 20.9. The van der Waals surface area contributed by atoms with Gasteiger partial charge in [0.05, 0.1) is 23.7 Å². The maximum absolute atomic E-state index is 14.1. The van der Waals surface area contributed by atoms with Gasteiger partial charge in [0.15, 0.2) is 0 Å². The number of amides is 3. The molecule has 3 aliphatic heterocycles. The number of likely N-dealkylation sites (tertiary alicyclic amines) is 1. The number of carbonyl (C=O) groups excluding carboxylic acids is 2. The number of nitrogens with one attached hydrogen (secondary N) is 1. The van der Waals surface area contributed by atoms with Gasteiger partial charge in [0.2, 0.25) is 5.91 Å². The summed E-state index contributed by atoms with van der Waals surface area (Å²) in [6, 6.07) is 0.625. The number of rotatable bonds is 5. The number of nitrogens with two attached hydrogens (primary N) is 1. The van der Waals surface area contributed by atoms with Gasteiger partial charge in [0, 0.05) is 76.7 Å². The van der Waals surface area contributed by atoms with Gasteiger partial charge in [-0.15, -0.1) is 0 Å². The SMILES string of the molecule is CO[C@@H]1COCC[C@@H]1CN[C@@H]1C[C@H]2CN(C(N)=O)C[C@@]2(C(=O)N2CCc3ncc(C(F)(F)F)cc3C2)C1. The van der Waals surface area contributed by atoms with Gasteiger partial charge in [-0.25, -0.2) is 4.79 Å². The standard InChI is InChI=1S/C25H34F3N5O4/c1-36-21-13-37-5-3-15(21)9-30-19-7-18-12-33(23(29)35)14-24(18,8-19)22(34)32-4-2-20-16(11-32)6-17(10-31-20)25(26,27)28/h6,10,15,18-19,21,30H,2-5,7-9,11-14H2,1H3,(H2,29,35)/t15-,18+,19-,21-,24+/m1/s1. The van der Waals surface area contributed by atoms with Gasteiger partial charge >= 0.3 is 12.2 Å². The van der Waals surface area contributed by atoms with Crippen molar-refractivity contribution in [1.29, 1.82) is 0 Å². The number of carbonyl (C=O) groups is 2. The fourth-order valence-electron chi connectivity index (χ4n) is 6.66. The molecule has 2 saturated heterocycles. The number of fused-ring (bicyclic) bond motifs is 2. The molecule has 5 atom stereocenters. The lowest BCUT2D eigenvalue weighted by Gasteiger charge is -2.37. The van der Waals surface area contributed by atoms with Gasteiger partial charge in [-0.2, -0.15) is 13.2 Å². The van der Waals surface area contributed by atoms with Crippen molar-refractivity contribution < 1.29 is 32.2 Å². The molecule has 1 aromatic rings. The molecular weight excluding hydrogens is 491 g/mol. The van der Waals surface area contributed by atoms with Crippen molar-refractivity contribution in [3.63, 3.8) is 0 Å². The van der Waals surface area contributed by atoms with Crippen molar-refractivity contribution in [3.05, 3.63) is 29.1 Å². The largest absolute Gasteiger partial charge is 0.417 e. The average Bonchev–Trinajstić information content (AvgIpc) is 3.41. The summed E-state index contributed by atoms with van der Waals surface area (Å²) in [5, 5.41) is 3.63. The number of pyridine rings is 1. The molecule has 4 aliphatic rings. The Balaban J connectivity index is 1.32. The maximum Gasteiger partial charge on any atom is 0.417 e. The summed E-state index contributed by atoms with van der Waals surface area (Å²) in [6.45, 7) is 3.08. The number of primary amides is 1. The van der Waals surface area contributed by atoms with Crippen LogP contribution in [0.15, 0.2) is 12.3 Å². The first-order valence-corrected chi connectivity index (χ1v) is 12.8. The summed E-state index contributed by atoms with van der Waals surface area (Å²) in [5.74, 6) is 0.121. The summed E-state index contributed by atoms with van der Waals surface area (Å²) >= 11 is 0. The fourth-order valence-corrected chi connectivity index (χ4v) is 6.66. The first-order valence-electron chi connectivity index (χ1n) is 12.8. The van der Waals surface area contributed by atoms with E-state index in [1.165, 1.54) is 4.90 Å². The topological polar surface area (TPSA) is 110 Å². The second kappa shape index (κ2) is 10.0. The molecule has 0 bridgehead atoms. The summed E-state index contributed by atoms with van der Waals surface area (Å²) in [7, 11) is 1.68. The molecule has 1 aliphatic carbocycles. The molecule has 5 rings (SSSR count). The molecule has 1 aromatic heterocycles. The molecule has 3 fully saturated rings. The van der Waals surface area contributed by atoms with Crippen molar-refractivity contribution in [2.24, 2.45) is 23.0 Å². The number of aromatic nitrogens is 1. The highest BCUT2D eigenvalue weighted by Gasteiger charge is 2.59. The second-order valence-electron chi connectivity index (χ2n) is 10.8. The Morgan fingerprint density at radius 3 is 2.89 bits per heavy atom. The van der Waals surface area contributed by atoms with Crippen LogP contribution in [0.3, 0.4) is 0 Å². The average molecular weight is 526 g/mol. The van der Waals surface area contributed by atoms with Gasteiger partial charge in [-0.05, 0) is 36.8 Å². The summed E-state index contributed by atoms with van der Waals surface area (Å²) in [6.07, 6.45) is -1.07. The highest BCUT2D eigenvalue weighted by atomic mass is 19.4. The van der Waals surface area contributed by atoms with E-state index < -0.39 is 23.2 Å². The van der Waals surface area contributed by atoms with Crippen molar-refractivity contribution in [1.82, 2.24) is 20.1 Å². The summed E-state index contributed by atoms with van der Waals surface area (Å²) in [4.78, 5) is 33.3. The quantitative estimate of drug-likeness (QED) is 0.607. The van der Waals surface area contributed by atoms with E-state index in [9.17, 15) is 22.8 Å². The first kappa shape index (κ1) is 26.2. The Bertz CT molecular complexity index is 1040. The van der Waals surface area contributed by atoms with Crippen molar-refractivity contribution in [3.8, 4) is 0 Å². The smallest absolute Gasteiger partial charge is 0.379 e. The van der Waals surface area contributed by atoms with E-state index in [1.54, 1.807) is 12.0 Å². The third-order valence-electron chi connectivity index (χ3n) is 8.68. The molecule has 37 heavy (non-hydrogen) atoms. The van der Waals surface area contributed by atoms with Crippen LogP contribution in [0.2, 0.25) is 0 Å². The number of ether oxygens (including phenoxy) is 2. The van der Waals surface area contributed by atoms with Gasteiger partial charge in [-0.3, -0.25) is 9.78 Å². The molecule has 4 heterocycles. The van der Waals surface area contributed by atoms with Crippen molar-refractivity contribution in [2.75, 3.05) is 46.5 Å². The molecular formula is C25H34F3N5O4. The van der Waals surface area contributed by atoms with Gasteiger partial charge in [0.1, 0.15) is 0 Å². The number of hydrogen-bond acceptors (Lipinski definition) is 6. The van der Waals surface area contributed by atoms with E-state index in [4.69, 9.17) is 15.2 Å². The lowest BCUT2D eigenvalue weighted by Crippen LogP contribution is -2.50. The molecule has 9 nitrogen and oxygen atoms in total. The van der Waals surface area contributed by atoms with Crippen LogP contribution in [0.1, 0.15) is 36.1 Å². The molecule has 12 heteroatoms. The van der Waals surface area contributed by atoms with Crippen LogP contribution >= 0.6 is 0 Å². The van der Waals surface area contributed by atoms with Gasteiger partial charge in [-0.1, -0.05) is 0 Å². The minimum Gasteiger partial charge on any atom is -0.379 e. The predicted octanol–water partition coefficient (Wildman–Crippen LogP) is 1.79. The van der Waals surface area contributed by atoms with Gasteiger partial charge in [0.25, 0.3) is 0 Å². The van der Waals surface area contributed by atoms with E-state index in [0.717, 1.165) is 31.6 Å². The number of hydrogen-bond donors (Lipinski definition) is 2. The lowest BCUT2D eigenvalue weighted by atomic mass is 9.78. The number of urea groups is 1. The molecule has 0 aromatic carbocycles. The minimum absolute atomic E-state index is 0.0201. The van der Waals surface area contributed by atoms with Crippen LogP contribution in [-0.2, 0) is 33.4 Å². The number of nitrogens with zero attached hydrogens (tertiary/aromatic N) is 3. The Morgan fingerprint density at radius 2 is 2.16 bits per heavy atom. The Morgan fingerprint density at radius 1 is 1.35 bits per heavy atom. The molecule has 3 amide bonds.